The van der Waals surface area contributed by atoms with Gasteiger partial charge >= 0.3 is 0 Å². The van der Waals surface area contributed by atoms with Gasteiger partial charge in [0.15, 0.2) is 0 Å². The third-order valence-electron chi connectivity index (χ3n) is 2.24. The summed E-state index contributed by atoms with van der Waals surface area (Å²) in [5.41, 5.74) is 2.47. The Kier molecular flexibility index (Phi) is 4.00. The standard InChI is InChI=1S/C12H16N2/c1-3-14(9-5-8-13)12-7-4-6-11(2)10-12/h4,6-7,10H,3,5,9H2,1-2H3. The van der Waals surface area contributed by atoms with Crippen LogP contribution in [-0.2, 0) is 0 Å². The van der Waals surface area contributed by atoms with Crippen LogP contribution in [0.1, 0.15) is 18.9 Å². The predicted molar refractivity (Wildman–Crippen MR) is 59.3 cm³/mol. The van der Waals surface area contributed by atoms with Gasteiger partial charge in [0.2, 0.25) is 0 Å². The van der Waals surface area contributed by atoms with Crippen LogP contribution in [0.3, 0.4) is 0 Å². The summed E-state index contributed by atoms with van der Waals surface area (Å²) < 4.78 is 0. The van der Waals surface area contributed by atoms with Gasteiger partial charge in [0, 0.05) is 18.8 Å². The molecule has 0 bridgehead atoms. The van der Waals surface area contributed by atoms with Gasteiger partial charge in [0.25, 0.3) is 0 Å². The molecule has 0 spiro atoms. The van der Waals surface area contributed by atoms with Crippen molar-refractivity contribution < 1.29 is 0 Å². The van der Waals surface area contributed by atoms with Crippen molar-refractivity contribution in [1.29, 1.82) is 5.26 Å². The molecule has 0 N–H and O–H groups in total. The van der Waals surface area contributed by atoms with E-state index >= 15 is 0 Å². The van der Waals surface area contributed by atoms with E-state index in [4.69, 9.17) is 5.26 Å². The number of nitrogens with zero attached hydrogens (tertiary/aromatic N) is 2. The minimum absolute atomic E-state index is 0.585. The SMILES string of the molecule is CCN(CCC#N)c1cccc(C)c1. The van der Waals surface area contributed by atoms with E-state index < -0.39 is 0 Å². The lowest BCUT2D eigenvalue weighted by Crippen LogP contribution is -2.23. The Morgan fingerprint density at radius 3 is 2.79 bits per heavy atom. The average Bonchev–Trinajstić information content (AvgIpc) is 2.19. The summed E-state index contributed by atoms with van der Waals surface area (Å²) in [5.74, 6) is 0. The van der Waals surface area contributed by atoms with E-state index in [-0.39, 0.29) is 0 Å². The molecule has 2 nitrogen and oxygen atoms in total. The van der Waals surface area contributed by atoms with E-state index in [1.54, 1.807) is 0 Å². The molecule has 0 amide bonds. The third kappa shape index (κ3) is 2.77. The molecule has 0 saturated carbocycles. The Morgan fingerprint density at radius 1 is 1.43 bits per heavy atom. The number of anilines is 1. The van der Waals surface area contributed by atoms with Gasteiger partial charge in [-0.25, -0.2) is 0 Å². The molecule has 0 aromatic heterocycles. The molecule has 0 aliphatic heterocycles. The van der Waals surface area contributed by atoms with E-state index in [1.807, 2.05) is 0 Å². The number of hydrogen-bond acceptors (Lipinski definition) is 2. The Morgan fingerprint density at radius 2 is 2.21 bits per heavy atom. The summed E-state index contributed by atoms with van der Waals surface area (Å²) in [5, 5.41) is 8.54. The van der Waals surface area contributed by atoms with Crippen molar-refractivity contribution in [2.75, 3.05) is 18.0 Å². The molecule has 2 heteroatoms. The molecule has 0 radical (unpaired) electrons. The fraction of sp³-hybridized carbons (Fsp3) is 0.417. The van der Waals surface area contributed by atoms with Crippen LogP contribution in [0.15, 0.2) is 24.3 Å². The number of nitriles is 1. The van der Waals surface area contributed by atoms with Crippen molar-refractivity contribution in [2.45, 2.75) is 20.3 Å². The van der Waals surface area contributed by atoms with E-state index in [0.717, 1.165) is 13.1 Å². The zero-order chi connectivity index (χ0) is 10.4. The zero-order valence-corrected chi connectivity index (χ0v) is 8.83. The summed E-state index contributed by atoms with van der Waals surface area (Å²) in [7, 11) is 0. The molecule has 0 heterocycles. The van der Waals surface area contributed by atoms with Gasteiger partial charge in [-0.3, -0.25) is 0 Å². The molecule has 0 fully saturated rings. The molecule has 74 valence electrons. The summed E-state index contributed by atoms with van der Waals surface area (Å²) in [4.78, 5) is 2.22. The first-order chi connectivity index (χ1) is 6.77. The highest BCUT2D eigenvalue weighted by molar-refractivity contribution is 5.48. The highest BCUT2D eigenvalue weighted by Gasteiger charge is 2.02. The summed E-state index contributed by atoms with van der Waals surface area (Å²) in [6, 6.07) is 10.6. The van der Waals surface area contributed by atoms with Crippen LogP contribution in [0.2, 0.25) is 0 Å². The molecular weight excluding hydrogens is 172 g/mol. The van der Waals surface area contributed by atoms with Gasteiger partial charge in [-0.05, 0) is 31.5 Å². The first-order valence-electron chi connectivity index (χ1n) is 4.96. The Bertz CT molecular complexity index is 325. The summed E-state index contributed by atoms with van der Waals surface area (Å²) >= 11 is 0. The number of hydrogen-bond donors (Lipinski definition) is 0. The van der Waals surface area contributed by atoms with Crippen molar-refractivity contribution in [1.82, 2.24) is 0 Å². The third-order valence-corrected chi connectivity index (χ3v) is 2.24. The van der Waals surface area contributed by atoms with Crippen molar-refractivity contribution in [3.8, 4) is 6.07 Å². The average molecular weight is 188 g/mol. The van der Waals surface area contributed by atoms with Gasteiger partial charge in [0.05, 0.1) is 12.5 Å². The molecule has 0 aliphatic carbocycles. The first-order valence-corrected chi connectivity index (χ1v) is 4.96. The fourth-order valence-corrected chi connectivity index (χ4v) is 1.48. The highest BCUT2D eigenvalue weighted by atomic mass is 15.1. The normalized spacial score (nSPS) is 9.50. The Hall–Kier alpha value is -1.49. The topological polar surface area (TPSA) is 27.0 Å². The van der Waals surface area contributed by atoms with Crippen LogP contribution in [0, 0.1) is 18.3 Å². The molecule has 1 rings (SSSR count). The maximum Gasteiger partial charge on any atom is 0.0640 e. The second kappa shape index (κ2) is 5.29. The fourth-order valence-electron chi connectivity index (χ4n) is 1.48. The van der Waals surface area contributed by atoms with Gasteiger partial charge in [-0.2, -0.15) is 5.26 Å². The Balaban J connectivity index is 2.74. The molecule has 0 unspecified atom stereocenters. The quantitative estimate of drug-likeness (QED) is 0.726. The lowest BCUT2D eigenvalue weighted by atomic mass is 10.2. The maximum absolute atomic E-state index is 8.54. The van der Waals surface area contributed by atoms with Crippen LogP contribution in [0.5, 0.6) is 0 Å². The van der Waals surface area contributed by atoms with E-state index in [0.29, 0.717) is 6.42 Å². The summed E-state index contributed by atoms with van der Waals surface area (Å²) in [6.07, 6.45) is 0.585. The maximum atomic E-state index is 8.54. The van der Waals surface area contributed by atoms with Crippen LogP contribution in [0.4, 0.5) is 5.69 Å². The number of aryl methyl sites for hydroxylation is 1. The second-order valence-electron chi connectivity index (χ2n) is 3.33. The van der Waals surface area contributed by atoms with Crippen molar-refractivity contribution >= 4 is 5.69 Å². The summed E-state index contributed by atoms with van der Waals surface area (Å²) in [6.45, 7) is 5.96. The zero-order valence-electron chi connectivity index (χ0n) is 8.83. The van der Waals surface area contributed by atoms with Gasteiger partial charge in [0.1, 0.15) is 0 Å². The van der Waals surface area contributed by atoms with Crippen molar-refractivity contribution in [2.24, 2.45) is 0 Å². The monoisotopic (exact) mass is 188 g/mol. The van der Waals surface area contributed by atoms with Crippen molar-refractivity contribution in [3.63, 3.8) is 0 Å². The molecule has 0 atom stereocenters. The van der Waals surface area contributed by atoms with Crippen molar-refractivity contribution in [3.05, 3.63) is 29.8 Å². The van der Waals surface area contributed by atoms with Crippen LogP contribution in [0.25, 0.3) is 0 Å². The second-order valence-corrected chi connectivity index (χ2v) is 3.33. The van der Waals surface area contributed by atoms with Gasteiger partial charge in [-0.15, -0.1) is 0 Å². The van der Waals surface area contributed by atoms with E-state index in [2.05, 4.69) is 49.1 Å². The van der Waals surface area contributed by atoms with Crippen LogP contribution >= 0.6 is 0 Å². The predicted octanol–water partition coefficient (Wildman–Crippen LogP) is 2.74. The molecule has 0 saturated heterocycles. The molecule has 14 heavy (non-hydrogen) atoms. The van der Waals surface area contributed by atoms with Crippen LogP contribution in [-0.4, -0.2) is 13.1 Å². The highest BCUT2D eigenvalue weighted by Crippen LogP contribution is 2.15. The number of benzene rings is 1. The minimum Gasteiger partial charge on any atom is -0.371 e. The molecule has 1 aromatic rings. The largest absolute Gasteiger partial charge is 0.371 e. The lowest BCUT2D eigenvalue weighted by molar-refractivity contribution is 0.826. The van der Waals surface area contributed by atoms with E-state index in [9.17, 15) is 0 Å². The smallest absolute Gasteiger partial charge is 0.0640 e. The molecule has 1 aromatic carbocycles. The van der Waals surface area contributed by atoms with E-state index in [1.165, 1.54) is 11.3 Å². The lowest BCUT2D eigenvalue weighted by Gasteiger charge is -2.22. The molecule has 0 aliphatic rings. The van der Waals surface area contributed by atoms with Crippen LogP contribution < -0.4 is 4.90 Å². The Labute approximate surface area is 85.8 Å². The van der Waals surface area contributed by atoms with Gasteiger partial charge in [-0.1, -0.05) is 12.1 Å². The number of rotatable bonds is 4. The minimum atomic E-state index is 0.585. The first kappa shape index (κ1) is 10.6. The molecular formula is C12H16N2. The van der Waals surface area contributed by atoms with Gasteiger partial charge < -0.3 is 4.90 Å².